The van der Waals surface area contributed by atoms with Crippen molar-refractivity contribution < 1.29 is 0 Å². The fourth-order valence-corrected chi connectivity index (χ4v) is 3.25. The number of hydrogen-bond acceptors (Lipinski definition) is 6. The van der Waals surface area contributed by atoms with Crippen molar-refractivity contribution in [1.29, 1.82) is 0 Å². The first-order valence-corrected chi connectivity index (χ1v) is 8.59. The van der Waals surface area contributed by atoms with Gasteiger partial charge in [-0.25, -0.2) is 15.0 Å². The second-order valence-electron chi connectivity index (χ2n) is 6.08. The first-order chi connectivity index (χ1) is 12.6. The number of nitrogens with one attached hydrogen (secondary N) is 1. The van der Waals surface area contributed by atoms with Crippen LogP contribution in [0.25, 0.3) is 16.7 Å². The van der Waals surface area contributed by atoms with Crippen molar-refractivity contribution in [2.75, 3.05) is 17.6 Å². The van der Waals surface area contributed by atoms with Gasteiger partial charge in [-0.15, -0.1) is 0 Å². The fraction of sp³-hybridized carbons (Fsp3) is 0.167. The number of pyridine rings is 1. The number of imidazole rings is 1. The lowest BCUT2D eigenvalue weighted by Gasteiger charge is -2.14. The molecule has 0 aliphatic heterocycles. The molecule has 5 N–H and O–H groups in total. The molecule has 0 amide bonds. The summed E-state index contributed by atoms with van der Waals surface area (Å²) < 4.78 is 1.86. The summed E-state index contributed by atoms with van der Waals surface area (Å²) in [5.74, 6) is 1.11. The molecule has 4 aromatic rings. The molecule has 0 aliphatic rings. The van der Waals surface area contributed by atoms with E-state index in [9.17, 15) is 0 Å². The minimum atomic E-state index is 0.461. The van der Waals surface area contributed by atoms with Gasteiger partial charge in [-0.2, -0.15) is 0 Å². The number of nitrogen functional groups attached to an aromatic ring is 1. The van der Waals surface area contributed by atoms with E-state index in [0.717, 1.165) is 22.3 Å². The average molecular weight is 368 g/mol. The normalized spacial score (nSPS) is 11.3. The maximum atomic E-state index is 6.35. The number of aromatic nitrogens is 4. The molecule has 0 saturated heterocycles. The number of nitrogens with zero attached hydrogens (tertiary/aromatic N) is 4. The van der Waals surface area contributed by atoms with Gasteiger partial charge in [0.15, 0.2) is 11.5 Å². The van der Waals surface area contributed by atoms with Gasteiger partial charge in [0.1, 0.15) is 23.2 Å². The molecule has 3 heterocycles. The van der Waals surface area contributed by atoms with Crippen LogP contribution in [0, 0.1) is 6.92 Å². The van der Waals surface area contributed by atoms with E-state index >= 15 is 0 Å². The summed E-state index contributed by atoms with van der Waals surface area (Å²) in [7, 11) is 0. The molecule has 1 aromatic carbocycles. The molecule has 26 heavy (non-hydrogen) atoms. The Kier molecular flexibility index (Phi) is 4.10. The predicted molar refractivity (Wildman–Crippen MR) is 105 cm³/mol. The lowest BCUT2D eigenvalue weighted by atomic mass is 10.1. The predicted octanol–water partition coefficient (Wildman–Crippen LogP) is 3.07. The van der Waals surface area contributed by atoms with Gasteiger partial charge in [-0.1, -0.05) is 23.7 Å². The zero-order valence-corrected chi connectivity index (χ0v) is 15.0. The number of nitrogens with two attached hydrogens (primary N) is 2. The third kappa shape index (κ3) is 2.71. The van der Waals surface area contributed by atoms with E-state index in [1.807, 2.05) is 35.6 Å². The van der Waals surface area contributed by atoms with Crippen LogP contribution in [0.2, 0.25) is 5.02 Å². The number of anilines is 3. The standard InChI is InChI=1S/C18H18ClN7/c1-10-3-2-4-12(19)15(10)24-17-14-8-22-9-26(14)18-13(23-17)7-11(5-6-20)16(21)25-18/h2-4,7-9H,5-6,20H2,1H3,(H2,21,25)(H,23,24). The highest BCUT2D eigenvalue weighted by Gasteiger charge is 2.14. The number of rotatable bonds is 4. The SMILES string of the molecule is Cc1cccc(Cl)c1Nc1nc2cc(CCN)c(N)nc2n2cncc12. The van der Waals surface area contributed by atoms with Crippen molar-refractivity contribution in [1.82, 2.24) is 19.4 Å². The van der Waals surface area contributed by atoms with Crippen molar-refractivity contribution >= 4 is 45.6 Å². The van der Waals surface area contributed by atoms with Gasteiger partial charge >= 0.3 is 0 Å². The minimum absolute atomic E-state index is 0.461. The van der Waals surface area contributed by atoms with Crippen molar-refractivity contribution in [3.63, 3.8) is 0 Å². The van der Waals surface area contributed by atoms with Crippen LogP contribution in [0.5, 0.6) is 0 Å². The molecule has 7 nitrogen and oxygen atoms in total. The van der Waals surface area contributed by atoms with E-state index in [2.05, 4.69) is 15.3 Å². The second kappa shape index (κ2) is 6.44. The molecule has 0 fully saturated rings. The van der Waals surface area contributed by atoms with E-state index in [0.29, 0.717) is 40.8 Å². The number of fused-ring (bicyclic) bond motifs is 3. The average Bonchev–Trinajstić information content (AvgIpc) is 3.10. The van der Waals surface area contributed by atoms with Crippen LogP contribution in [0.15, 0.2) is 36.8 Å². The third-order valence-corrected chi connectivity index (χ3v) is 4.63. The van der Waals surface area contributed by atoms with Crippen molar-refractivity contribution in [2.24, 2.45) is 5.73 Å². The Morgan fingerprint density at radius 2 is 2.12 bits per heavy atom. The molecule has 0 atom stereocenters. The molecule has 8 heteroatoms. The summed E-state index contributed by atoms with van der Waals surface area (Å²) >= 11 is 6.35. The summed E-state index contributed by atoms with van der Waals surface area (Å²) in [6, 6.07) is 7.67. The fourth-order valence-electron chi connectivity index (χ4n) is 2.98. The van der Waals surface area contributed by atoms with Crippen LogP contribution in [0.1, 0.15) is 11.1 Å². The zero-order chi connectivity index (χ0) is 18.3. The molecule has 4 rings (SSSR count). The van der Waals surface area contributed by atoms with Crippen LogP contribution in [-0.2, 0) is 6.42 Å². The first-order valence-electron chi connectivity index (χ1n) is 8.22. The van der Waals surface area contributed by atoms with Crippen molar-refractivity contribution in [3.05, 3.63) is 52.9 Å². The third-order valence-electron chi connectivity index (χ3n) is 4.32. The van der Waals surface area contributed by atoms with E-state index in [4.69, 9.17) is 28.1 Å². The van der Waals surface area contributed by atoms with E-state index < -0.39 is 0 Å². The van der Waals surface area contributed by atoms with E-state index in [1.54, 1.807) is 12.5 Å². The Balaban J connectivity index is 1.93. The van der Waals surface area contributed by atoms with Gasteiger partial charge in [-0.05, 0) is 43.1 Å². The first kappa shape index (κ1) is 16.6. The molecular formula is C18H18ClN7. The number of hydrogen-bond donors (Lipinski definition) is 3. The number of halogens is 1. The van der Waals surface area contributed by atoms with Crippen molar-refractivity contribution in [2.45, 2.75) is 13.3 Å². The maximum Gasteiger partial charge on any atom is 0.166 e. The van der Waals surface area contributed by atoms with Crippen LogP contribution in [-0.4, -0.2) is 25.9 Å². The van der Waals surface area contributed by atoms with Gasteiger partial charge in [0.2, 0.25) is 0 Å². The lowest BCUT2D eigenvalue weighted by Crippen LogP contribution is -2.08. The van der Waals surface area contributed by atoms with Crippen LogP contribution < -0.4 is 16.8 Å². The highest BCUT2D eigenvalue weighted by molar-refractivity contribution is 6.33. The highest BCUT2D eigenvalue weighted by atomic mass is 35.5. The summed E-state index contributed by atoms with van der Waals surface area (Å²) in [6.07, 6.45) is 4.07. The van der Waals surface area contributed by atoms with E-state index in [-0.39, 0.29) is 0 Å². The van der Waals surface area contributed by atoms with Gasteiger partial charge in [0.05, 0.1) is 16.9 Å². The Labute approximate surface area is 155 Å². The Morgan fingerprint density at radius 1 is 1.27 bits per heavy atom. The second-order valence-corrected chi connectivity index (χ2v) is 6.49. The molecule has 0 bridgehead atoms. The Hall–Kier alpha value is -2.90. The summed E-state index contributed by atoms with van der Waals surface area (Å²) in [6.45, 7) is 2.49. The maximum absolute atomic E-state index is 6.35. The largest absolute Gasteiger partial charge is 0.383 e. The molecule has 0 aliphatic carbocycles. The summed E-state index contributed by atoms with van der Waals surface area (Å²) in [5, 5.41) is 3.97. The van der Waals surface area contributed by atoms with Gasteiger partial charge < -0.3 is 16.8 Å². The molecule has 0 spiro atoms. The smallest absolute Gasteiger partial charge is 0.166 e. The molecular weight excluding hydrogens is 350 g/mol. The van der Waals surface area contributed by atoms with E-state index in [1.165, 1.54) is 0 Å². The van der Waals surface area contributed by atoms with Gasteiger partial charge in [-0.3, -0.25) is 4.40 Å². The number of aryl methyl sites for hydroxylation is 1. The lowest BCUT2D eigenvalue weighted by molar-refractivity contribution is 0.963. The molecule has 3 aromatic heterocycles. The Bertz CT molecular complexity index is 1100. The minimum Gasteiger partial charge on any atom is -0.383 e. The molecule has 132 valence electrons. The summed E-state index contributed by atoms with van der Waals surface area (Å²) in [5.41, 5.74) is 16.6. The van der Waals surface area contributed by atoms with Crippen LogP contribution >= 0.6 is 11.6 Å². The number of para-hydroxylation sites is 1. The molecule has 0 saturated carbocycles. The summed E-state index contributed by atoms with van der Waals surface area (Å²) in [4.78, 5) is 13.5. The van der Waals surface area contributed by atoms with Gasteiger partial charge in [0.25, 0.3) is 0 Å². The highest BCUT2D eigenvalue weighted by Crippen LogP contribution is 2.31. The quantitative estimate of drug-likeness (QED) is 0.511. The van der Waals surface area contributed by atoms with Crippen LogP contribution in [0.3, 0.4) is 0 Å². The molecule has 0 radical (unpaired) electrons. The zero-order valence-electron chi connectivity index (χ0n) is 14.2. The van der Waals surface area contributed by atoms with Crippen LogP contribution in [0.4, 0.5) is 17.3 Å². The van der Waals surface area contributed by atoms with Gasteiger partial charge in [0, 0.05) is 0 Å². The molecule has 0 unspecified atom stereocenters. The van der Waals surface area contributed by atoms with Crippen molar-refractivity contribution in [3.8, 4) is 0 Å². The topological polar surface area (TPSA) is 107 Å². The number of benzene rings is 1. The monoisotopic (exact) mass is 367 g/mol. The Morgan fingerprint density at radius 3 is 2.88 bits per heavy atom.